The second-order valence-corrected chi connectivity index (χ2v) is 9.52. The minimum absolute atomic E-state index is 0.423. The third-order valence-electron chi connectivity index (χ3n) is 7.20. The molecule has 148 valence electrons. The zero-order valence-corrected chi connectivity index (χ0v) is 17.9. The van der Waals surface area contributed by atoms with Gasteiger partial charge in [-0.3, -0.25) is 4.79 Å². The third-order valence-corrected chi connectivity index (χ3v) is 7.20. The van der Waals surface area contributed by atoms with Gasteiger partial charge in [0.25, 0.3) is 0 Å². The van der Waals surface area contributed by atoms with Crippen molar-refractivity contribution in [1.82, 2.24) is 0 Å². The molecule has 2 aromatic rings. The van der Waals surface area contributed by atoms with Gasteiger partial charge in [0.05, 0.1) is 0 Å². The third kappa shape index (κ3) is 4.40. The lowest BCUT2D eigenvalue weighted by atomic mass is 9.83. The van der Waals surface area contributed by atoms with Crippen LogP contribution in [0.4, 0.5) is 0 Å². The molecule has 2 aliphatic carbocycles. The monoisotopic (exact) mass is 374 g/mol. The predicted octanol–water partition coefficient (Wildman–Crippen LogP) is 6.96. The summed E-state index contributed by atoms with van der Waals surface area (Å²) in [6.07, 6.45) is 6.59. The first-order valence-electron chi connectivity index (χ1n) is 11.1. The van der Waals surface area contributed by atoms with Crippen molar-refractivity contribution in [2.45, 2.75) is 78.1 Å². The fourth-order valence-electron chi connectivity index (χ4n) is 4.67. The van der Waals surface area contributed by atoms with Gasteiger partial charge < -0.3 is 0 Å². The second kappa shape index (κ2) is 7.85. The van der Waals surface area contributed by atoms with E-state index in [2.05, 4.69) is 64.1 Å². The first-order valence-corrected chi connectivity index (χ1v) is 11.1. The zero-order chi connectivity index (χ0) is 19.8. The minimum atomic E-state index is 0.423. The van der Waals surface area contributed by atoms with Gasteiger partial charge in [0.1, 0.15) is 5.78 Å². The molecule has 2 saturated carbocycles. The molecule has 2 aromatic carbocycles. The lowest BCUT2D eigenvalue weighted by Crippen LogP contribution is -2.14. The largest absolute Gasteiger partial charge is 0.300 e. The molecule has 0 unspecified atom stereocenters. The van der Waals surface area contributed by atoms with E-state index in [9.17, 15) is 4.79 Å². The molecule has 28 heavy (non-hydrogen) atoms. The molecule has 2 aliphatic rings. The summed E-state index contributed by atoms with van der Waals surface area (Å²) in [5.74, 6) is 2.74. The Labute approximate surface area is 170 Å². The summed E-state index contributed by atoms with van der Waals surface area (Å²) < 4.78 is 0. The normalized spacial score (nSPS) is 18.7. The summed E-state index contributed by atoms with van der Waals surface area (Å²) in [4.78, 5) is 13.2. The van der Waals surface area contributed by atoms with Crippen LogP contribution in [0, 0.1) is 39.5 Å². The first kappa shape index (κ1) is 19.4. The average molecular weight is 375 g/mol. The lowest BCUT2D eigenvalue weighted by molar-refractivity contribution is -0.120. The summed E-state index contributed by atoms with van der Waals surface area (Å²) in [6, 6.07) is 13.6. The molecule has 0 radical (unpaired) electrons. The molecule has 0 heterocycles. The van der Waals surface area contributed by atoms with Gasteiger partial charge in [0.15, 0.2) is 0 Å². The zero-order valence-electron chi connectivity index (χ0n) is 17.9. The van der Waals surface area contributed by atoms with Gasteiger partial charge in [-0.05, 0) is 110 Å². The van der Waals surface area contributed by atoms with Gasteiger partial charge in [0.2, 0.25) is 0 Å². The maximum Gasteiger partial charge on any atom is 0.134 e. The number of Topliss-reactive ketones (excluding diaryl/α,β-unsaturated/α-hetero) is 1. The summed E-state index contributed by atoms with van der Waals surface area (Å²) >= 11 is 0. The van der Waals surface area contributed by atoms with Crippen molar-refractivity contribution in [2.75, 3.05) is 0 Å². The van der Waals surface area contributed by atoms with Crippen LogP contribution < -0.4 is 0 Å². The average Bonchev–Trinajstić information content (AvgIpc) is 3.55. The van der Waals surface area contributed by atoms with Gasteiger partial charge >= 0.3 is 0 Å². The van der Waals surface area contributed by atoms with Crippen LogP contribution in [0.1, 0.15) is 83.7 Å². The Bertz CT molecular complexity index is 798. The quantitative estimate of drug-likeness (QED) is 0.488. The van der Waals surface area contributed by atoms with E-state index in [1.165, 1.54) is 59.1 Å². The predicted molar refractivity (Wildman–Crippen MR) is 117 cm³/mol. The maximum atomic E-state index is 13.2. The van der Waals surface area contributed by atoms with Crippen molar-refractivity contribution in [3.05, 3.63) is 69.8 Å². The van der Waals surface area contributed by atoms with Crippen LogP contribution in [-0.2, 0) is 4.79 Å². The molecule has 0 bridgehead atoms. The van der Waals surface area contributed by atoms with Crippen LogP contribution in [0.15, 0.2) is 36.4 Å². The van der Waals surface area contributed by atoms with Crippen molar-refractivity contribution < 1.29 is 4.79 Å². The van der Waals surface area contributed by atoms with Crippen LogP contribution in [0.3, 0.4) is 0 Å². The maximum absolute atomic E-state index is 13.2. The van der Waals surface area contributed by atoms with E-state index in [1.807, 2.05) is 0 Å². The SMILES string of the molecule is Cc1ccc([C@H](CC(=O)C[C@@H](c2ccc(C)c(C)c2)C2CC2)C2CC2)cc1C. The van der Waals surface area contributed by atoms with Crippen LogP contribution in [-0.4, -0.2) is 5.78 Å². The molecule has 1 heteroatoms. The first-order chi connectivity index (χ1) is 13.4. The highest BCUT2D eigenvalue weighted by Gasteiger charge is 2.37. The highest BCUT2D eigenvalue weighted by Crippen LogP contribution is 2.48. The molecular weight excluding hydrogens is 340 g/mol. The van der Waals surface area contributed by atoms with Crippen LogP contribution >= 0.6 is 0 Å². The van der Waals surface area contributed by atoms with Crippen LogP contribution in [0.25, 0.3) is 0 Å². The number of rotatable bonds is 8. The van der Waals surface area contributed by atoms with E-state index in [1.54, 1.807) is 0 Å². The van der Waals surface area contributed by atoms with Gasteiger partial charge in [-0.2, -0.15) is 0 Å². The smallest absolute Gasteiger partial charge is 0.134 e. The molecule has 1 nitrogen and oxygen atoms in total. The van der Waals surface area contributed by atoms with Gasteiger partial charge in [-0.25, -0.2) is 0 Å². The van der Waals surface area contributed by atoms with Gasteiger partial charge in [0, 0.05) is 12.8 Å². The number of hydrogen-bond donors (Lipinski definition) is 0. The summed E-state index contributed by atoms with van der Waals surface area (Å²) in [5.41, 5.74) is 8.14. The van der Waals surface area contributed by atoms with Crippen molar-refractivity contribution in [2.24, 2.45) is 11.8 Å². The molecule has 0 spiro atoms. The van der Waals surface area contributed by atoms with Crippen molar-refractivity contribution in [3.63, 3.8) is 0 Å². The number of aryl methyl sites for hydroxylation is 4. The second-order valence-electron chi connectivity index (χ2n) is 9.52. The number of hydrogen-bond acceptors (Lipinski definition) is 1. The Morgan fingerprint density at radius 1 is 0.714 bits per heavy atom. The Balaban J connectivity index is 1.49. The summed E-state index contributed by atoms with van der Waals surface area (Å²) in [6.45, 7) is 8.71. The number of ketones is 1. The van der Waals surface area contributed by atoms with Gasteiger partial charge in [-0.1, -0.05) is 36.4 Å². The van der Waals surface area contributed by atoms with Gasteiger partial charge in [-0.15, -0.1) is 0 Å². The number of carbonyl (C=O) groups excluding carboxylic acids is 1. The Hall–Kier alpha value is -1.89. The summed E-state index contributed by atoms with van der Waals surface area (Å²) in [5, 5.41) is 0. The molecular formula is C27H34O. The number of carbonyl (C=O) groups is 1. The van der Waals surface area contributed by atoms with Crippen LogP contribution in [0.5, 0.6) is 0 Å². The Kier molecular flexibility index (Phi) is 5.45. The topological polar surface area (TPSA) is 17.1 Å². The fraction of sp³-hybridized carbons (Fsp3) is 0.519. The molecule has 2 atom stereocenters. The standard InChI is InChI=1S/C27H34O/c1-17-5-7-23(13-19(17)3)26(21-9-10-21)15-25(28)16-27(22-11-12-22)24-8-6-18(2)20(4)14-24/h5-8,13-14,21-22,26-27H,9-12,15-16H2,1-4H3/t26-,27-/m1/s1. The highest BCUT2D eigenvalue weighted by atomic mass is 16.1. The van der Waals surface area contributed by atoms with E-state index in [-0.39, 0.29) is 0 Å². The summed E-state index contributed by atoms with van der Waals surface area (Å²) in [7, 11) is 0. The number of benzene rings is 2. The Morgan fingerprint density at radius 3 is 1.43 bits per heavy atom. The van der Waals surface area contributed by atoms with Crippen molar-refractivity contribution >= 4 is 5.78 Å². The van der Waals surface area contributed by atoms with Crippen molar-refractivity contribution in [1.29, 1.82) is 0 Å². The minimum Gasteiger partial charge on any atom is -0.300 e. The van der Waals surface area contributed by atoms with E-state index < -0.39 is 0 Å². The van der Waals surface area contributed by atoms with E-state index in [4.69, 9.17) is 0 Å². The molecule has 0 amide bonds. The molecule has 0 saturated heterocycles. The highest BCUT2D eigenvalue weighted by molar-refractivity contribution is 5.80. The molecule has 0 N–H and O–H groups in total. The van der Waals surface area contributed by atoms with Crippen molar-refractivity contribution in [3.8, 4) is 0 Å². The molecule has 2 fully saturated rings. The molecule has 4 rings (SSSR count). The van der Waals surface area contributed by atoms with E-state index in [0.29, 0.717) is 29.5 Å². The molecule has 0 aromatic heterocycles. The Morgan fingerprint density at radius 2 is 1.11 bits per heavy atom. The molecule has 0 aliphatic heterocycles. The van der Waals surface area contributed by atoms with E-state index in [0.717, 1.165) is 12.8 Å². The fourth-order valence-corrected chi connectivity index (χ4v) is 4.67. The van der Waals surface area contributed by atoms with E-state index >= 15 is 0 Å². The lowest BCUT2D eigenvalue weighted by Gasteiger charge is -2.21. The van der Waals surface area contributed by atoms with Crippen LogP contribution in [0.2, 0.25) is 0 Å².